The number of amides is 1. The lowest BCUT2D eigenvalue weighted by molar-refractivity contribution is -0.379. The second kappa shape index (κ2) is 41.7. The van der Waals surface area contributed by atoms with Gasteiger partial charge in [0.15, 0.2) is 18.9 Å². The summed E-state index contributed by atoms with van der Waals surface area (Å²) in [6.45, 7) is 1.54. The fourth-order valence-electron chi connectivity index (χ4n) is 10.6. The summed E-state index contributed by atoms with van der Waals surface area (Å²) < 4.78 is 34.0. The van der Waals surface area contributed by atoms with E-state index in [2.05, 4.69) is 12.2 Å². The van der Waals surface area contributed by atoms with Crippen LogP contribution in [0.25, 0.3) is 0 Å². The maximum atomic E-state index is 12.8. The molecular formula is C57H109NO18. The Morgan fingerprint density at radius 3 is 1.13 bits per heavy atom. The quantitative estimate of drug-likeness (QED) is 0.0348. The Hall–Kier alpha value is -1.21. The highest BCUT2D eigenvalue weighted by atomic mass is 16.8. The van der Waals surface area contributed by atoms with E-state index in [0.717, 1.165) is 32.1 Å². The SMILES string of the molecule is CCCCCCCCCCCCCCCCCCCCCCCCCCCCCCCC(O)C(COC1OC(CO)C(OC2OC(CO)C(OC3OC(CO)C(O)C(O)C3O)C(O)C2O)C(O)C1O)NC(=O)CCCC. The van der Waals surface area contributed by atoms with Gasteiger partial charge in [-0.05, 0) is 12.8 Å². The molecule has 3 fully saturated rings. The van der Waals surface area contributed by atoms with E-state index in [1.165, 1.54) is 161 Å². The molecule has 3 heterocycles. The van der Waals surface area contributed by atoms with E-state index in [9.17, 15) is 61.0 Å². The van der Waals surface area contributed by atoms with Crippen LogP contribution in [0.3, 0.4) is 0 Å². The molecule has 3 saturated heterocycles. The molecule has 19 heteroatoms. The predicted molar refractivity (Wildman–Crippen MR) is 287 cm³/mol. The molecule has 0 aromatic carbocycles. The van der Waals surface area contributed by atoms with Gasteiger partial charge in [-0.15, -0.1) is 0 Å². The number of nitrogens with one attached hydrogen (secondary N) is 1. The fourth-order valence-corrected chi connectivity index (χ4v) is 10.6. The normalized spacial score (nSPS) is 30.9. The zero-order chi connectivity index (χ0) is 55.5. The summed E-state index contributed by atoms with van der Waals surface area (Å²) >= 11 is 0. The number of aliphatic hydroxyl groups excluding tert-OH is 11. The number of aliphatic hydroxyl groups is 11. The van der Waals surface area contributed by atoms with Crippen molar-refractivity contribution in [3.63, 3.8) is 0 Å². The van der Waals surface area contributed by atoms with Crippen molar-refractivity contribution >= 4 is 5.91 Å². The third-order valence-electron chi connectivity index (χ3n) is 15.7. The van der Waals surface area contributed by atoms with E-state index in [0.29, 0.717) is 12.8 Å². The Balaban J connectivity index is 1.29. The molecule has 12 N–H and O–H groups in total. The first-order valence-electron chi connectivity index (χ1n) is 30.3. The van der Waals surface area contributed by atoms with E-state index in [1.807, 2.05) is 6.92 Å². The van der Waals surface area contributed by atoms with Crippen LogP contribution >= 0.6 is 0 Å². The molecule has 0 aromatic rings. The number of unbranched alkanes of at least 4 members (excludes halogenated alkanes) is 29. The smallest absolute Gasteiger partial charge is 0.220 e. The molecule has 0 aliphatic carbocycles. The highest BCUT2D eigenvalue weighted by molar-refractivity contribution is 5.76. The Bertz CT molecular complexity index is 1400. The Kier molecular flexibility index (Phi) is 37.9. The van der Waals surface area contributed by atoms with Crippen molar-refractivity contribution in [2.45, 2.75) is 330 Å². The van der Waals surface area contributed by atoms with Crippen LogP contribution in [0.2, 0.25) is 0 Å². The Labute approximate surface area is 455 Å². The summed E-state index contributed by atoms with van der Waals surface area (Å²) in [6, 6.07) is -0.876. The van der Waals surface area contributed by atoms with Gasteiger partial charge in [0, 0.05) is 6.42 Å². The lowest BCUT2D eigenvalue weighted by Crippen LogP contribution is -2.66. The van der Waals surface area contributed by atoms with Crippen molar-refractivity contribution in [3.8, 4) is 0 Å². The second-order valence-electron chi connectivity index (χ2n) is 22.2. The van der Waals surface area contributed by atoms with Crippen LogP contribution in [0.15, 0.2) is 0 Å². The number of carbonyl (C=O) groups excluding carboxylic acids is 1. The Morgan fingerprint density at radius 1 is 0.421 bits per heavy atom. The van der Waals surface area contributed by atoms with E-state index in [4.69, 9.17) is 28.4 Å². The van der Waals surface area contributed by atoms with Gasteiger partial charge in [-0.3, -0.25) is 4.79 Å². The van der Waals surface area contributed by atoms with Gasteiger partial charge in [0.05, 0.1) is 38.6 Å². The van der Waals surface area contributed by atoms with Crippen LogP contribution in [0.5, 0.6) is 0 Å². The maximum Gasteiger partial charge on any atom is 0.220 e. The van der Waals surface area contributed by atoms with Gasteiger partial charge in [0.25, 0.3) is 0 Å². The van der Waals surface area contributed by atoms with Gasteiger partial charge in [-0.1, -0.05) is 206 Å². The molecule has 0 bridgehead atoms. The van der Waals surface area contributed by atoms with Crippen LogP contribution < -0.4 is 5.32 Å². The summed E-state index contributed by atoms with van der Waals surface area (Å²) in [6.07, 6.45) is 13.8. The minimum Gasteiger partial charge on any atom is -0.394 e. The number of rotatable bonds is 45. The molecule has 0 radical (unpaired) electrons. The fraction of sp³-hybridized carbons (Fsp3) is 0.982. The standard InChI is InChI=1S/C57H109NO18/c1-3-5-7-8-9-10-11-12-13-14-15-16-17-18-19-20-21-22-23-24-25-26-27-28-29-30-31-32-33-34-41(62)40(58-45(63)35-6-4-2)39-71-55-51(69)48(66)53(43(37-60)73-55)76-57-52(70)49(67)54(44(38-61)74-57)75-56-50(68)47(65)46(64)42(36-59)72-56/h40-44,46-57,59-62,64-70H,3-39H2,1-2H3,(H,58,63). The van der Waals surface area contributed by atoms with Crippen molar-refractivity contribution in [3.05, 3.63) is 0 Å². The first-order chi connectivity index (χ1) is 36.8. The Morgan fingerprint density at radius 2 is 0.750 bits per heavy atom. The summed E-state index contributed by atoms with van der Waals surface area (Å²) in [5.41, 5.74) is 0. The third-order valence-corrected chi connectivity index (χ3v) is 15.7. The van der Waals surface area contributed by atoms with Gasteiger partial charge < -0.3 is 89.9 Å². The molecule has 0 saturated carbocycles. The molecule has 0 spiro atoms. The summed E-state index contributed by atoms with van der Waals surface area (Å²) in [7, 11) is 0. The van der Waals surface area contributed by atoms with Gasteiger partial charge in [0.2, 0.25) is 5.91 Å². The second-order valence-corrected chi connectivity index (χ2v) is 22.2. The van der Waals surface area contributed by atoms with Gasteiger partial charge in [0.1, 0.15) is 73.2 Å². The van der Waals surface area contributed by atoms with Crippen LogP contribution in [-0.2, 0) is 33.2 Å². The van der Waals surface area contributed by atoms with E-state index in [1.54, 1.807) is 0 Å². The van der Waals surface area contributed by atoms with Crippen molar-refractivity contribution in [2.24, 2.45) is 0 Å². The predicted octanol–water partition coefficient (Wildman–Crippen LogP) is 5.21. The monoisotopic (exact) mass is 1100 g/mol. The lowest BCUT2D eigenvalue weighted by Gasteiger charge is -2.48. The first kappa shape index (κ1) is 69.1. The highest BCUT2D eigenvalue weighted by Gasteiger charge is 2.53. The van der Waals surface area contributed by atoms with Crippen LogP contribution in [0.1, 0.15) is 226 Å². The molecule has 17 unspecified atom stereocenters. The average Bonchev–Trinajstić information content (AvgIpc) is 3.42. The largest absolute Gasteiger partial charge is 0.394 e. The van der Waals surface area contributed by atoms with Crippen molar-refractivity contribution in [1.29, 1.82) is 0 Å². The zero-order valence-electron chi connectivity index (χ0n) is 46.8. The number of carbonyl (C=O) groups is 1. The average molecular weight is 1100 g/mol. The lowest BCUT2D eigenvalue weighted by atomic mass is 9.96. The molecule has 1 amide bonds. The van der Waals surface area contributed by atoms with Crippen LogP contribution in [-0.4, -0.2) is 193 Å². The van der Waals surface area contributed by atoms with Gasteiger partial charge in [-0.25, -0.2) is 0 Å². The molecule has 17 atom stereocenters. The molecule has 19 nitrogen and oxygen atoms in total. The van der Waals surface area contributed by atoms with E-state index < -0.39 is 124 Å². The molecule has 3 aliphatic rings. The first-order valence-corrected chi connectivity index (χ1v) is 30.3. The molecule has 3 aliphatic heterocycles. The van der Waals surface area contributed by atoms with E-state index in [-0.39, 0.29) is 18.9 Å². The molecule has 76 heavy (non-hydrogen) atoms. The van der Waals surface area contributed by atoms with Crippen molar-refractivity contribution in [2.75, 3.05) is 26.4 Å². The van der Waals surface area contributed by atoms with Gasteiger partial charge >= 0.3 is 0 Å². The van der Waals surface area contributed by atoms with Crippen molar-refractivity contribution < 1.29 is 89.4 Å². The van der Waals surface area contributed by atoms with Crippen molar-refractivity contribution in [1.82, 2.24) is 5.32 Å². The minimum atomic E-state index is -1.97. The topological polar surface area (TPSA) is 307 Å². The molecule has 3 rings (SSSR count). The number of hydrogen-bond acceptors (Lipinski definition) is 18. The number of ether oxygens (including phenoxy) is 6. The molecular weight excluding hydrogens is 987 g/mol. The summed E-state index contributed by atoms with van der Waals surface area (Å²) in [5.74, 6) is -0.276. The van der Waals surface area contributed by atoms with Gasteiger partial charge in [-0.2, -0.15) is 0 Å². The highest BCUT2D eigenvalue weighted by Crippen LogP contribution is 2.33. The molecule has 450 valence electrons. The zero-order valence-corrected chi connectivity index (χ0v) is 46.8. The third kappa shape index (κ3) is 25.7. The van der Waals surface area contributed by atoms with Crippen LogP contribution in [0.4, 0.5) is 0 Å². The maximum absolute atomic E-state index is 12.8. The summed E-state index contributed by atoms with van der Waals surface area (Å²) in [4.78, 5) is 12.8. The van der Waals surface area contributed by atoms with E-state index >= 15 is 0 Å². The summed E-state index contributed by atoms with van der Waals surface area (Å²) in [5, 5.41) is 119. The minimum absolute atomic E-state index is 0.244. The van der Waals surface area contributed by atoms with Crippen LogP contribution in [0, 0.1) is 0 Å². The molecule has 0 aromatic heterocycles. The number of hydrogen-bond donors (Lipinski definition) is 12.